The predicted molar refractivity (Wildman–Crippen MR) is 99.1 cm³/mol. The maximum atomic E-state index is 12.7. The number of hydrogen-bond acceptors (Lipinski definition) is 2. The highest BCUT2D eigenvalue weighted by Gasteiger charge is 2.39. The summed E-state index contributed by atoms with van der Waals surface area (Å²) in [7, 11) is 0. The summed E-state index contributed by atoms with van der Waals surface area (Å²) in [6, 6.07) is 10.5. The first-order chi connectivity index (χ1) is 12.0. The maximum Gasteiger partial charge on any atom is 0.225 e. The summed E-state index contributed by atoms with van der Waals surface area (Å²) in [6.07, 6.45) is 5.30. The first-order valence-corrected chi connectivity index (χ1v) is 9.64. The van der Waals surface area contributed by atoms with Crippen molar-refractivity contribution in [3.63, 3.8) is 0 Å². The molecule has 1 unspecified atom stereocenters. The highest BCUT2D eigenvalue weighted by molar-refractivity contribution is 5.82. The van der Waals surface area contributed by atoms with Gasteiger partial charge in [0.05, 0.1) is 5.92 Å². The lowest BCUT2D eigenvalue weighted by molar-refractivity contribution is -0.138. The zero-order valence-electron chi connectivity index (χ0n) is 15.5. The van der Waals surface area contributed by atoms with Gasteiger partial charge in [0.2, 0.25) is 11.8 Å². The molecule has 1 atom stereocenters. The SMILES string of the molecule is CC(C)C(=O)N1CCCC(C(=O)NCC2(c3ccccc3)CCC2)C1. The van der Waals surface area contributed by atoms with Gasteiger partial charge in [-0.2, -0.15) is 0 Å². The molecule has 1 aliphatic heterocycles. The van der Waals surface area contributed by atoms with E-state index in [4.69, 9.17) is 0 Å². The highest BCUT2D eigenvalue weighted by Crippen LogP contribution is 2.43. The molecule has 25 heavy (non-hydrogen) atoms. The summed E-state index contributed by atoms with van der Waals surface area (Å²) in [5.74, 6) is 0.211. The molecular weight excluding hydrogens is 312 g/mol. The number of nitrogens with one attached hydrogen (secondary N) is 1. The van der Waals surface area contributed by atoms with E-state index in [2.05, 4.69) is 29.6 Å². The monoisotopic (exact) mass is 342 g/mol. The Bertz CT molecular complexity index is 608. The van der Waals surface area contributed by atoms with Gasteiger partial charge >= 0.3 is 0 Å². The molecule has 1 aromatic carbocycles. The third kappa shape index (κ3) is 3.88. The lowest BCUT2D eigenvalue weighted by Crippen LogP contribution is -2.50. The van der Waals surface area contributed by atoms with E-state index in [9.17, 15) is 9.59 Å². The number of likely N-dealkylation sites (tertiary alicyclic amines) is 1. The van der Waals surface area contributed by atoms with Crippen molar-refractivity contribution < 1.29 is 9.59 Å². The maximum absolute atomic E-state index is 12.7. The molecule has 1 saturated heterocycles. The molecule has 1 aliphatic carbocycles. The minimum atomic E-state index is -0.0654. The van der Waals surface area contributed by atoms with Crippen molar-refractivity contribution >= 4 is 11.8 Å². The summed E-state index contributed by atoms with van der Waals surface area (Å²) in [5.41, 5.74) is 1.45. The molecule has 2 amide bonds. The molecule has 136 valence electrons. The molecule has 1 aromatic rings. The van der Waals surface area contributed by atoms with Crippen LogP contribution < -0.4 is 5.32 Å². The number of hydrogen-bond donors (Lipinski definition) is 1. The minimum Gasteiger partial charge on any atom is -0.355 e. The first-order valence-electron chi connectivity index (χ1n) is 9.64. The third-order valence-electron chi connectivity index (χ3n) is 5.90. The van der Waals surface area contributed by atoms with Crippen LogP contribution in [0.15, 0.2) is 30.3 Å². The van der Waals surface area contributed by atoms with Crippen LogP contribution >= 0.6 is 0 Å². The van der Waals surface area contributed by atoms with Crippen molar-refractivity contribution in [2.45, 2.75) is 51.4 Å². The predicted octanol–water partition coefficient (Wildman–Crippen LogP) is 3.12. The summed E-state index contributed by atoms with van der Waals surface area (Å²) in [6.45, 7) is 5.92. The molecule has 0 aromatic heterocycles. The van der Waals surface area contributed by atoms with E-state index >= 15 is 0 Å². The lowest BCUT2D eigenvalue weighted by atomic mass is 9.64. The highest BCUT2D eigenvalue weighted by atomic mass is 16.2. The van der Waals surface area contributed by atoms with Crippen LogP contribution in [-0.2, 0) is 15.0 Å². The Morgan fingerprint density at radius 2 is 1.92 bits per heavy atom. The van der Waals surface area contributed by atoms with E-state index in [1.165, 1.54) is 12.0 Å². The van der Waals surface area contributed by atoms with Crippen LogP contribution in [0.1, 0.15) is 51.5 Å². The second kappa shape index (κ2) is 7.59. The van der Waals surface area contributed by atoms with Gasteiger partial charge in [0, 0.05) is 31.0 Å². The fraction of sp³-hybridized carbons (Fsp3) is 0.619. The number of nitrogens with zero attached hydrogens (tertiary/aromatic N) is 1. The van der Waals surface area contributed by atoms with Crippen LogP contribution in [0.3, 0.4) is 0 Å². The van der Waals surface area contributed by atoms with E-state index in [0.717, 1.165) is 32.2 Å². The smallest absolute Gasteiger partial charge is 0.225 e. The second-order valence-electron chi connectivity index (χ2n) is 8.00. The largest absolute Gasteiger partial charge is 0.355 e. The van der Waals surface area contributed by atoms with E-state index in [0.29, 0.717) is 13.1 Å². The van der Waals surface area contributed by atoms with Crippen molar-refractivity contribution in [2.75, 3.05) is 19.6 Å². The van der Waals surface area contributed by atoms with Crippen LogP contribution in [-0.4, -0.2) is 36.3 Å². The van der Waals surface area contributed by atoms with Gasteiger partial charge in [0.15, 0.2) is 0 Å². The number of carbonyl (C=O) groups excluding carboxylic acids is 2. The van der Waals surface area contributed by atoms with Gasteiger partial charge in [-0.3, -0.25) is 9.59 Å². The average Bonchev–Trinajstić information content (AvgIpc) is 2.61. The standard InChI is InChI=1S/C21H30N2O2/c1-16(2)20(25)23-13-6-8-17(14-23)19(24)22-15-21(11-7-12-21)18-9-4-3-5-10-18/h3-5,9-10,16-17H,6-8,11-15H2,1-2H3,(H,22,24). The van der Waals surface area contributed by atoms with Gasteiger partial charge in [-0.15, -0.1) is 0 Å². The van der Waals surface area contributed by atoms with Gasteiger partial charge in [0.1, 0.15) is 0 Å². The molecule has 2 aliphatic rings. The number of piperidine rings is 1. The van der Waals surface area contributed by atoms with Crippen molar-refractivity contribution in [2.24, 2.45) is 11.8 Å². The Morgan fingerprint density at radius 1 is 1.20 bits per heavy atom. The number of carbonyl (C=O) groups is 2. The van der Waals surface area contributed by atoms with Gasteiger partial charge in [0.25, 0.3) is 0 Å². The van der Waals surface area contributed by atoms with E-state index < -0.39 is 0 Å². The molecule has 0 spiro atoms. The third-order valence-corrected chi connectivity index (χ3v) is 5.90. The first kappa shape index (κ1) is 18.0. The Balaban J connectivity index is 1.58. The molecule has 1 N–H and O–H groups in total. The van der Waals surface area contributed by atoms with Gasteiger partial charge < -0.3 is 10.2 Å². The number of rotatable bonds is 5. The molecule has 4 nitrogen and oxygen atoms in total. The Hall–Kier alpha value is -1.84. The molecule has 1 saturated carbocycles. The van der Waals surface area contributed by atoms with Crippen LogP contribution in [0.25, 0.3) is 0 Å². The molecule has 3 rings (SSSR count). The second-order valence-corrected chi connectivity index (χ2v) is 8.00. The Labute approximate surface area is 151 Å². The van der Waals surface area contributed by atoms with E-state index in [-0.39, 0.29) is 29.1 Å². The van der Waals surface area contributed by atoms with Crippen LogP contribution in [0, 0.1) is 11.8 Å². The lowest BCUT2D eigenvalue weighted by Gasteiger charge is -2.43. The van der Waals surface area contributed by atoms with Crippen molar-refractivity contribution in [1.29, 1.82) is 0 Å². The average molecular weight is 342 g/mol. The van der Waals surface area contributed by atoms with E-state index in [1.807, 2.05) is 24.8 Å². The van der Waals surface area contributed by atoms with Gasteiger partial charge in [-0.05, 0) is 31.2 Å². The zero-order chi connectivity index (χ0) is 17.9. The quantitative estimate of drug-likeness (QED) is 0.894. The fourth-order valence-electron chi connectivity index (χ4n) is 4.12. The minimum absolute atomic E-state index is 0.00172. The number of benzene rings is 1. The van der Waals surface area contributed by atoms with Crippen LogP contribution in [0.2, 0.25) is 0 Å². The van der Waals surface area contributed by atoms with Crippen molar-refractivity contribution in [3.05, 3.63) is 35.9 Å². The molecule has 2 fully saturated rings. The summed E-state index contributed by atoms with van der Waals surface area (Å²) in [5, 5.41) is 3.21. The van der Waals surface area contributed by atoms with Gasteiger partial charge in [-0.1, -0.05) is 50.6 Å². The van der Waals surface area contributed by atoms with Crippen LogP contribution in [0.5, 0.6) is 0 Å². The van der Waals surface area contributed by atoms with E-state index in [1.54, 1.807) is 0 Å². The number of amides is 2. The Morgan fingerprint density at radius 3 is 2.52 bits per heavy atom. The molecule has 0 radical (unpaired) electrons. The normalized spacial score (nSPS) is 22.4. The fourth-order valence-corrected chi connectivity index (χ4v) is 4.12. The molecular formula is C21H30N2O2. The topological polar surface area (TPSA) is 49.4 Å². The van der Waals surface area contributed by atoms with Crippen LogP contribution in [0.4, 0.5) is 0 Å². The summed E-state index contributed by atoms with van der Waals surface area (Å²) >= 11 is 0. The summed E-state index contributed by atoms with van der Waals surface area (Å²) in [4.78, 5) is 26.8. The molecule has 0 bridgehead atoms. The summed E-state index contributed by atoms with van der Waals surface area (Å²) < 4.78 is 0. The Kier molecular flexibility index (Phi) is 5.45. The van der Waals surface area contributed by atoms with Crippen molar-refractivity contribution in [1.82, 2.24) is 10.2 Å². The molecule has 1 heterocycles. The van der Waals surface area contributed by atoms with Gasteiger partial charge in [-0.25, -0.2) is 0 Å². The zero-order valence-corrected chi connectivity index (χ0v) is 15.5. The molecule has 4 heteroatoms. The van der Waals surface area contributed by atoms with Crippen molar-refractivity contribution in [3.8, 4) is 0 Å².